The first-order valence-corrected chi connectivity index (χ1v) is 9.24. The van der Waals surface area contributed by atoms with Crippen molar-refractivity contribution >= 4 is 34.4 Å². The van der Waals surface area contributed by atoms with Crippen molar-refractivity contribution in [1.82, 2.24) is 20.1 Å². The molecule has 29 heavy (non-hydrogen) atoms. The van der Waals surface area contributed by atoms with E-state index >= 15 is 0 Å². The van der Waals surface area contributed by atoms with E-state index in [0.29, 0.717) is 38.5 Å². The molecule has 9 nitrogen and oxygen atoms in total. The fourth-order valence-corrected chi connectivity index (χ4v) is 3.17. The van der Waals surface area contributed by atoms with Gasteiger partial charge in [0.1, 0.15) is 5.82 Å². The number of piperazine rings is 1. The van der Waals surface area contributed by atoms with Crippen LogP contribution in [0.3, 0.4) is 0 Å². The summed E-state index contributed by atoms with van der Waals surface area (Å²) in [4.78, 5) is 42.4. The number of hydrogen-bond donors (Lipinski definition) is 3. The van der Waals surface area contributed by atoms with E-state index in [1.165, 1.54) is 12.2 Å². The first kappa shape index (κ1) is 20.3. The van der Waals surface area contributed by atoms with Crippen molar-refractivity contribution in [2.45, 2.75) is 6.54 Å². The molecule has 0 spiro atoms. The Morgan fingerprint density at radius 1 is 1.14 bits per heavy atom. The first-order valence-electron chi connectivity index (χ1n) is 9.24. The number of aromatic nitrogens is 1. The van der Waals surface area contributed by atoms with Gasteiger partial charge in [-0.2, -0.15) is 0 Å². The summed E-state index contributed by atoms with van der Waals surface area (Å²) >= 11 is 0. The highest BCUT2D eigenvalue weighted by Crippen LogP contribution is 2.20. The third-order valence-corrected chi connectivity index (χ3v) is 4.75. The van der Waals surface area contributed by atoms with Crippen LogP contribution >= 0.6 is 0 Å². The number of fused-ring (bicyclic) bond motifs is 1. The van der Waals surface area contributed by atoms with Gasteiger partial charge in [-0.05, 0) is 23.1 Å². The van der Waals surface area contributed by atoms with E-state index in [1.54, 1.807) is 16.0 Å². The van der Waals surface area contributed by atoms with Crippen LogP contribution in [0, 0.1) is 0 Å². The van der Waals surface area contributed by atoms with Gasteiger partial charge < -0.3 is 21.1 Å². The largest absolute Gasteiger partial charge is 0.480 e. The molecule has 1 aromatic heterocycles. The number of rotatable bonds is 6. The molecule has 9 heteroatoms. The average molecular weight is 397 g/mol. The lowest BCUT2D eigenvalue weighted by atomic mass is 10.1. The summed E-state index contributed by atoms with van der Waals surface area (Å²) in [6, 6.07) is 7.55. The third-order valence-electron chi connectivity index (χ3n) is 4.75. The van der Waals surface area contributed by atoms with Crippen LogP contribution in [0.15, 0.2) is 42.6 Å². The smallest absolute Gasteiger partial charge is 0.317 e. The van der Waals surface area contributed by atoms with Gasteiger partial charge in [-0.25, -0.2) is 4.98 Å². The van der Waals surface area contributed by atoms with Crippen LogP contribution in [0.4, 0.5) is 5.82 Å². The molecule has 4 N–H and O–H groups in total. The van der Waals surface area contributed by atoms with E-state index in [2.05, 4.69) is 10.3 Å². The van der Waals surface area contributed by atoms with Crippen molar-refractivity contribution in [3.05, 3.63) is 48.2 Å². The van der Waals surface area contributed by atoms with Crippen molar-refractivity contribution in [1.29, 1.82) is 0 Å². The Labute approximate surface area is 167 Å². The molecule has 0 aliphatic carbocycles. The normalized spacial score (nSPS) is 15.0. The number of carboxylic acids is 1. The van der Waals surface area contributed by atoms with Gasteiger partial charge in [-0.15, -0.1) is 0 Å². The van der Waals surface area contributed by atoms with Crippen molar-refractivity contribution < 1.29 is 19.5 Å². The minimum Gasteiger partial charge on any atom is -0.480 e. The molecule has 2 amide bonds. The molecule has 0 bridgehead atoms. The third kappa shape index (κ3) is 5.52. The topological polar surface area (TPSA) is 129 Å². The van der Waals surface area contributed by atoms with E-state index in [9.17, 15) is 14.4 Å². The van der Waals surface area contributed by atoms with Crippen molar-refractivity contribution in [3.8, 4) is 0 Å². The fourth-order valence-electron chi connectivity index (χ4n) is 3.17. The molecule has 0 atom stereocenters. The van der Waals surface area contributed by atoms with Gasteiger partial charge in [0.25, 0.3) is 0 Å². The zero-order chi connectivity index (χ0) is 20.8. The SMILES string of the molecule is Nc1nccc2ccc(CNC(=O)/C=C/C(=O)N3CCN(CC(=O)O)CC3)cc12. The minimum absolute atomic E-state index is 0.0310. The number of nitrogens with zero attached hydrogens (tertiary/aromatic N) is 3. The number of nitrogen functional groups attached to an aromatic ring is 1. The molecule has 3 rings (SSSR count). The highest BCUT2D eigenvalue weighted by Gasteiger charge is 2.20. The van der Waals surface area contributed by atoms with Crippen LogP contribution in [0.25, 0.3) is 10.8 Å². The van der Waals surface area contributed by atoms with Crippen molar-refractivity contribution in [2.24, 2.45) is 0 Å². The highest BCUT2D eigenvalue weighted by molar-refractivity contribution is 5.97. The summed E-state index contributed by atoms with van der Waals surface area (Å²) in [6.07, 6.45) is 4.10. The van der Waals surface area contributed by atoms with E-state index in [0.717, 1.165) is 16.3 Å². The van der Waals surface area contributed by atoms with Gasteiger partial charge in [-0.1, -0.05) is 12.1 Å². The Morgan fingerprint density at radius 3 is 2.62 bits per heavy atom. The molecule has 152 valence electrons. The average Bonchev–Trinajstić information content (AvgIpc) is 2.71. The Kier molecular flexibility index (Phi) is 6.40. The van der Waals surface area contributed by atoms with E-state index in [4.69, 9.17) is 10.8 Å². The van der Waals surface area contributed by atoms with Gasteiger partial charge in [-0.3, -0.25) is 19.3 Å². The van der Waals surface area contributed by atoms with Crippen LogP contribution in [0.5, 0.6) is 0 Å². The lowest BCUT2D eigenvalue weighted by Gasteiger charge is -2.33. The standard InChI is InChI=1S/C20H23N5O4/c21-20-16-11-14(1-2-15(16)5-6-22-20)12-23-17(26)3-4-18(27)25-9-7-24(8-10-25)13-19(28)29/h1-6,11H,7-10,12-13H2,(H2,21,22)(H,23,26)(H,28,29)/b4-3+. The molecule has 1 saturated heterocycles. The lowest BCUT2D eigenvalue weighted by molar-refractivity contribution is -0.139. The first-order chi connectivity index (χ1) is 13.9. The Hall–Kier alpha value is -3.46. The predicted molar refractivity (Wildman–Crippen MR) is 108 cm³/mol. The number of aliphatic carboxylic acids is 1. The second kappa shape index (κ2) is 9.16. The molecule has 1 aliphatic heterocycles. The number of benzene rings is 1. The van der Waals surface area contributed by atoms with Gasteiger partial charge in [0, 0.05) is 56.5 Å². The number of hydrogen-bond acceptors (Lipinski definition) is 6. The van der Waals surface area contributed by atoms with Crippen LogP contribution in [-0.2, 0) is 20.9 Å². The van der Waals surface area contributed by atoms with Gasteiger partial charge >= 0.3 is 5.97 Å². The van der Waals surface area contributed by atoms with E-state index in [1.807, 2.05) is 24.3 Å². The minimum atomic E-state index is -0.883. The molecule has 1 aromatic carbocycles. The maximum atomic E-state index is 12.2. The van der Waals surface area contributed by atoms with Crippen LogP contribution in [-0.4, -0.2) is 70.4 Å². The molecule has 0 radical (unpaired) electrons. The van der Waals surface area contributed by atoms with Gasteiger partial charge in [0.15, 0.2) is 0 Å². The maximum Gasteiger partial charge on any atom is 0.317 e. The van der Waals surface area contributed by atoms with Gasteiger partial charge in [0.2, 0.25) is 11.8 Å². The van der Waals surface area contributed by atoms with E-state index in [-0.39, 0.29) is 18.4 Å². The maximum absolute atomic E-state index is 12.2. The summed E-state index contributed by atoms with van der Waals surface area (Å²) in [5.74, 6) is -1.09. The van der Waals surface area contributed by atoms with E-state index < -0.39 is 5.97 Å². The van der Waals surface area contributed by atoms with Crippen molar-refractivity contribution in [3.63, 3.8) is 0 Å². The number of anilines is 1. The zero-order valence-electron chi connectivity index (χ0n) is 15.9. The molecule has 0 unspecified atom stereocenters. The zero-order valence-corrected chi connectivity index (χ0v) is 15.9. The summed E-state index contributed by atoms with van der Waals surface area (Å²) < 4.78 is 0. The molecule has 1 fully saturated rings. The Morgan fingerprint density at radius 2 is 1.90 bits per heavy atom. The fraction of sp³-hybridized carbons (Fsp3) is 0.300. The molecule has 0 saturated carbocycles. The highest BCUT2D eigenvalue weighted by atomic mass is 16.4. The summed E-state index contributed by atoms with van der Waals surface area (Å²) in [7, 11) is 0. The number of carbonyl (C=O) groups excluding carboxylic acids is 2. The number of pyridine rings is 1. The number of carbonyl (C=O) groups is 3. The summed E-state index contributed by atoms with van der Waals surface area (Å²) in [6.45, 7) is 2.14. The predicted octanol–water partition coefficient (Wildman–Crippen LogP) is 0.218. The summed E-state index contributed by atoms with van der Waals surface area (Å²) in [5.41, 5.74) is 6.76. The van der Waals surface area contributed by atoms with Crippen LogP contribution in [0.1, 0.15) is 5.56 Å². The number of nitrogens with one attached hydrogen (secondary N) is 1. The van der Waals surface area contributed by atoms with Gasteiger partial charge in [0.05, 0.1) is 6.54 Å². The molecule has 1 aliphatic rings. The lowest BCUT2D eigenvalue weighted by Crippen LogP contribution is -2.49. The van der Waals surface area contributed by atoms with Crippen LogP contribution in [0.2, 0.25) is 0 Å². The van der Waals surface area contributed by atoms with Crippen molar-refractivity contribution in [2.75, 3.05) is 38.5 Å². The molecule has 2 heterocycles. The summed E-state index contributed by atoms with van der Waals surface area (Å²) in [5, 5.41) is 13.3. The molecular formula is C20H23N5O4. The molecule has 2 aromatic rings. The second-order valence-corrected chi connectivity index (χ2v) is 6.80. The quantitative estimate of drug-likeness (QED) is 0.595. The number of carboxylic acid groups (broad SMARTS) is 1. The van der Waals surface area contributed by atoms with Crippen LogP contribution < -0.4 is 11.1 Å². The Bertz CT molecular complexity index is 951. The Balaban J connectivity index is 1.48. The second-order valence-electron chi connectivity index (χ2n) is 6.80. The molecular weight excluding hydrogens is 374 g/mol. The monoisotopic (exact) mass is 397 g/mol. The number of amides is 2. The number of nitrogens with two attached hydrogens (primary N) is 1.